The van der Waals surface area contributed by atoms with Crippen molar-refractivity contribution in [1.29, 1.82) is 0 Å². The molecule has 1 fully saturated rings. The molecule has 18 heavy (non-hydrogen) atoms. The molecule has 1 saturated carbocycles. The second-order valence-corrected chi connectivity index (χ2v) is 5.35. The van der Waals surface area contributed by atoms with E-state index in [4.69, 9.17) is 17.3 Å². The number of nitrogens with one attached hydrogen (secondary N) is 1. The van der Waals surface area contributed by atoms with E-state index in [-0.39, 0.29) is 16.5 Å². The maximum Gasteiger partial charge on any atom is 0.254 e. The van der Waals surface area contributed by atoms with Crippen molar-refractivity contribution < 1.29 is 4.79 Å². The van der Waals surface area contributed by atoms with Crippen molar-refractivity contribution >= 4 is 23.2 Å². The maximum absolute atomic E-state index is 12.0. The molecule has 0 spiro atoms. The van der Waals surface area contributed by atoms with Crippen LogP contribution in [-0.4, -0.2) is 17.4 Å². The van der Waals surface area contributed by atoms with E-state index >= 15 is 0 Å². The summed E-state index contributed by atoms with van der Waals surface area (Å²) in [6.45, 7) is 2.87. The SMILES string of the molecule is CCC1(CNC(=O)c2cc(N)cnc2Cl)CCC1. The lowest BCUT2D eigenvalue weighted by Gasteiger charge is -2.41. The molecule has 5 heteroatoms. The van der Waals surface area contributed by atoms with Gasteiger partial charge in [0, 0.05) is 6.54 Å². The number of hydrogen-bond donors (Lipinski definition) is 2. The van der Waals surface area contributed by atoms with E-state index in [9.17, 15) is 4.79 Å². The standard InChI is InChI=1S/C13H18ClN3O/c1-2-13(4-3-5-13)8-17-12(18)10-6-9(15)7-16-11(10)14/h6-7H,2-5,8,15H2,1H3,(H,17,18). The number of halogens is 1. The minimum Gasteiger partial charge on any atom is -0.397 e. The summed E-state index contributed by atoms with van der Waals surface area (Å²) in [6, 6.07) is 1.56. The zero-order valence-electron chi connectivity index (χ0n) is 10.5. The molecule has 0 bridgehead atoms. The number of hydrogen-bond acceptors (Lipinski definition) is 3. The molecule has 1 aliphatic rings. The van der Waals surface area contributed by atoms with Crippen molar-refractivity contribution in [2.24, 2.45) is 5.41 Å². The fourth-order valence-electron chi connectivity index (χ4n) is 2.32. The number of carbonyl (C=O) groups is 1. The van der Waals surface area contributed by atoms with Gasteiger partial charge < -0.3 is 11.1 Å². The first-order chi connectivity index (χ1) is 8.56. The van der Waals surface area contributed by atoms with E-state index in [1.165, 1.54) is 25.5 Å². The van der Waals surface area contributed by atoms with Gasteiger partial charge in [-0.25, -0.2) is 4.98 Å². The number of rotatable bonds is 4. The van der Waals surface area contributed by atoms with Gasteiger partial charge in [0.15, 0.2) is 0 Å². The Kier molecular flexibility index (Phi) is 3.76. The third-order valence-electron chi connectivity index (χ3n) is 3.89. The monoisotopic (exact) mass is 267 g/mol. The van der Waals surface area contributed by atoms with Crippen LogP contribution in [0.3, 0.4) is 0 Å². The average Bonchev–Trinajstić information content (AvgIpc) is 2.31. The number of aromatic nitrogens is 1. The van der Waals surface area contributed by atoms with Crippen molar-refractivity contribution in [3.8, 4) is 0 Å². The molecule has 0 saturated heterocycles. The Morgan fingerprint density at radius 1 is 1.61 bits per heavy atom. The second-order valence-electron chi connectivity index (χ2n) is 5.00. The summed E-state index contributed by atoms with van der Waals surface area (Å²) in [5.41, 5.74) is 6.69. The Labute approximate surface area is 112 Å². The van der Waals surface area contributed by atoms with Crippen LogP contribution in [0.5, 0.6) is 0 Å². The molecule has 1 amide bonds. The Bertz CT molecular complexity index is 452. The predicted molar refractivity (Wildman–Crippen MR) is 72.6 cm³/mol. The van der Waals surface area contributed by atoms with E-state index in [0.717, 1.165) is 6.42 Å². The summed E-state index contributed by atoms with van der Waals surface area (Å²) in [5, 5.41) is 3.14. The van der Waals surface area contributed by atoms with Gasteiger partial charge in [0.05, 0.1) is 17.4 Å². The normalized spacial score (nSPS) is 17.0. The first kappa shape index (κ1) is 13.1. The van der Waals surface area contributed by atoms with E-state index in [2.05, 4.69) is 17.2 Å². The Morgan fingerprint density at radius 3 is 2.89 bits per heavy atom. The second kappa shape index (κ2) is 5.14. The number of anilines is 1. The molecular formula is C13H18ClN3O. The highest BCUT2D eigenvalue weighted by atomic mass is 35.5. The number of amides is 1. The van der Waals surface area contributed by atoms with E-state index < -0.39 is 0 Å². The first-order valence-electron chi connectivity index (χ1n) is 6.25. The smallest absolute Gasteiger partial charge is 0.254 e. The van der Waals surface area contributed by atoms with Crippen molar-refractivity contribution in [3.63, 3.8) is 0 Å². The molecule has 98 valence electrons. The average molecular weight is 268 g/mol. The van der Waals surface area contributed by atoms with Crippen LogP contribution in [-0.2, 0) is 0 Å². The molecule has 0 atom stereocenters. The van der Waals surface area contributed by atoms with Crippen LogP contribution in [0.25, 0.3) is 0 Å². The molecule has 1 aliphatic carbocycles. The molecular weight excluding hydrogens is 250 g/mol. The van der Waals surface area contributed by atoms with Crippen LogP contribution in [0.4, 0.5) is 5.69 Å². The van der Waals surface area contributed by atoms with E-state index in [1.54, 1.807) is 6.07 Å². The molecule has 1 heterocycles. The fourth-order valence-corrected chi connectivity index (χ4v) is 2.51. The lowest BCUT2D eigenvalue weighted by atomic mass is 9.67. The Hall–Kier alpha value is -1.29. The predicted octanol–water partition coefficient (Wildman–Crippen LogP) is 2.63. The highest BCUT2D eigenvalue weighted by molar-refractivity contribution is 6.32. The number of pyridine rings is 1. The number of nitrogens with zero attached hydrogens (tertiary/aromatic N) is 1. The maximum atomic E-state index is 12.0. The summed E-state index contributed by atoms with van der Waals surface area (Å²) in [5.74, 6) is -0.195. The molecule has 1 aromatic heterocycles. The quantitative estimate of drug-likeness (QED) is 0.824. The molecule has 4 nitrogen and oxygen atoms in total. The number of nitrogen functional groups attached to an aromatic ring is 1. The van der Waals surface area contributed by atoms with Crippen molar-refractivity contribution in [1.82, 2.24) is 10.3 Å². The van der Waals surface area contributed by atoms with E-state index in [1.807, 2.05) is 0 Å². The summed E-state index contributed by atoms with van der Waals surface area (Å²) in [7, 11) is 0. The van der Waals surface area contributed by atoms with Gasteiger partial charge in [0.1, 0.15) is 5.15 Å². The molecule has 0 radical (unpaired) electrons. The first-order valence-corrected chi connectivity index (χ1v) is 6.63. The number of carbonyl (C=O) groups excluding carboxylic acids is 1. The number of nitrogens with two attached hydrogens (primary N) is 1. The van der Waals surface area contributed by atoms with Crippen LogP contribution in [0.2, 0.25) is 5.15 Å². The summed E-state index contributed by atoms with van der Waals surface area (Å²) in [4.78, 5) is 15.9. The van der Waals surface area contributed by atoms with Crippen molar-refractivity contribution in [3.05, 3.63) is 23.0 Å². The van der Waals surface area contributed by atoms with Crippen LogP contribution >= 0.6 is 11.6 Å². The van der Waals surface area contributed by atoms with Gasteiger partial charge in [-0.15, -0.1) is 0 Å². The third-order valence-corrected chi connectivity index (χ3v) is 4.19. The van der Waals surface area contributed by atoms with Crippen LogP contribution in [0.15, 0.2) is 12.3 Å². The summed E-state index contributed by atoms with van der Waals surface area (Å²) >= 11 is 5.90. The lowest BCUT2D eigenvalue weighted by Crippen LogP contribution is -2.41. The van der Waals surface area contributed by atoms with Crippen LogP contribution < -0.4 is 11.1 Å². The van der Waals surface area contributed by atoms with Crippen molar-refractivity contribution in [2.75, 3.05) is 12.3 Å². The lowest BCUT2D eigenvalue weighted by molar-refractivity contribution is 0.0850. The van der Waals surface area contributed by atoms with Gasteiger partial charge in [0.2, 0.25) is 0 Å². The van der Waals surface area contributed by atoms with Gasteiger partial charge >= 0.3 is 0 Å². The summed E-state index contributed by atoms with van der Waals surface area (Å²) < 4.78 is 0. The highest BCUT2D eigenvalue weighted by Crippen LogP contribution is 2.43. The molecule has 1 aromatic rings. The minimum atomic E-state index is -0.195. The van der Waals surface area contributed by atoms with Crippen LogP contribution in [0.1, 0.15) is 43.0 Å². The Morgan fingerprint density at radius 2 is 2.33 bits per heavy atom. The zero-order valence-corrected chi connectivity index (χ0v) is 11.3. The molecule has 0 unspecified atom stereocenters. The fraction of sp³-hybridized carbons (Fsp3) is 0.538. The van der Waals surface area contributed by atoms with Gasteiger partial charge in [-0.3, -0.25) is 4.79 Å². The summed E-state index contributed by atoms with van der Waals surface area (Å²) in [6.07, 6.45) is 6.17. The molecule has 2 rings (SSSR count). The Balaban J connectivity index is 2.01. The highest BCUT2D eigenvalue weighted by Gasteiger charge is 2.35. The molecule has 3 N–H and O–H groups in total. The largest absolute Gasteiger partial charge is 0.397 e. The van der Waals surface area contributed by atoms with Gasteiger partial charge in [-0.2, -0.15) is 0 Å². The van der Waals surface area contributed by atoms with E-state index in [0.29, 0.717) is 17.8 Å². The topological polar surface area (TPSA) is 68.0 Å². The minimum absolute atomic E-state index is 0.195. The third kappa shape index (κ3) is 2.58. The molecule has 0 aliphatic heterocycles. The van der Waals surface area contributed by atoms with Crippen molar-refractivity contribution in [2.45, 2.75) is 32.6 Å². The van der Waals surface area contributed by atoms with Gasteiger partial charge in [0.25, 0.3) is 5.91 Å². The molecule has 0 aromatic carbocycles. The van der Waals surface area contributed by atoms with Gasteiger partial charge in [-0.1, -0.05) is 24.9 Å². The van der Waals surface area contributed by atoms with Crippen LogP contribution in [0, 0.1) is 5.41 Å². The zero-order chi connectivity index (χ0) is 13.2. The van der Waals surface area contributed by atoms with Gasteiger partial charge in [-0.05, 0) is 30.7 Å².